The summed E-state index contributed by atoms with van der Waals surface area (Å²) in [7, 11) is 2.01. The van der Waals surface area contributed by atoms with Crippen LogP contribution in [-0.2, 0) is 4.79 Å². The summed E-state index contributed by atoms with van der Waals surface area (Å²) in [6.45, 7) is 9.20. The van der Waals surface area contributed by atoms with E-state index < -0.39 is 6.10 Å². The van der Waals surface area contributed by atoms with Crippen LogP contribution < -0.4 is 15.0 Å². The number of anilines is 1. The molecule has 0 heterocycles. The third-order valence-corrected chi connectivity index (χ3v) is 4.38. The van der Waals surface area contributed by atoms with E-state index >= 15 is 0 Å². The number of hydrogen-bond donors (Lipinski definition) is 1. The SMILES string of the molecule is Cc1cc(C)c(C)c(O[C@H](C)C(=O)NCCN(C)c2ccccc2)c1. The Morgan fingerprint density at radius 1 is 1.16 bits per heavy atom. The molecule has 0 aliphatic rings. The minimum Gasteiger partial charge on any atom is -0.481 e. The first-order valence-corrected chi connectivity index (χ1v) is 8.67. The third kappa shape index (κ3) is 5.24. The molecule has 1 atom stereocenters. The molecule has 1 N–H and O–H groups in total. The molecular weight excluding hydrogens is 312 g/mol. The van der Waals surface area contributed by atoms with E-state index in [-0.39, 0.29) is 5.91 Å². The lowest BCUT2D eigenvalue weighted by molar-refractivity contribution is -0.127. The lowest BCUT2D eigenvalue weighted by atomic mass is 10.1. The predicted molar refractivity (Wildman–Crippen MR) is 103 cm³/mol. The van der Waals surface area contributed by atoms with Crippen molar-refractivity contribution in [3.05, 3.63) is 59.2 Å². The quantitative estimate of drug-likeness (QED) is 0.837. The van der Waals surface area contributed by atoms with Gasteiger partial charge in [0.05, 0.1) is 0 Å². The molecule has 0 fully saturated rings. The van der Waals surface area contributed by atoms with Crippen LogP contribution in [0.4, 0.5) is 5.69 Å². The van der Waals surface area contributed by atoms with Gasteiger partial charge in [-0.25, -0.2) is 0 Å². The number of aryl methyl sites for hydroxylation is 2. The van der Waals surface area contributed by atoms with Crippen molar-refractivity contribution >= 4 is 11.6 Å². The van der Waals surface area contributed by atoms with E-state index in [0.29, 0.717) is 6.54 Å². The summed E-state index contributed by atoms with van der Waals surface area (Å²) in [5, 5.41) is 2.95. The number of nitrogens with zero attached hydrogens (tertiary/aromatic N) is 1. The van der Waals surface area contributed by atoms with Crippen LogP contribution in [0, 0.1) is 20.8 Å². The predicted octanol–water partition coefficient (Wildman–Crippen LogP) is 3.63. The Morgan fingerprint density at radius 3 is 2.52 bits per heavy atom. The first-order valence-electron chi connectivity index (χ1n) is 8.67. The molecule has 4 heteroatoms. The Bertz CT molecular complexity index is 713. The van der Waals surface area contributed by atoms with Crippen molar-refractivity contribution in [1.29, 1.82) is 0 Å². The zero-order valence-corrected chi connectivity index (χ0v) is 15.8. The van der Waals surface area contributed by atoms with Crippen LogP contribution in [0.15, 0.2) is 42.5 Å². The maximum absolute atomic E-state index is 12.3. The zero-order chi connectivity index (χ0) is 18.4. The average molecular weight is 340 g/mol. The number of benzene rings is 2. The highest BCUT2D eigenvalue weighted by Gasteiger charge is 2.16. The van der Waals surface area contributed by atoms with Gasteiger partial charge < -0.3 is 15.0 Å². The monoisotopic (exact) mass is 340 g/mol. The van der Waals surface area contributed by atoms with Crippen molar-refractivity contribution in [2.75, 3.05) is 25.0 Å². The summed E-state index contributed by atoms with van der Waals surface area (Å²) in [5.41, 5.74) is 4.52. The van der Waals surface area contributed by atoms with E-state index in [1.165, 1.54) is 5.56 Å². The lowest BCUT2D eigenvalue weighted by Gasteiger charge is -2.21. The highest BCUT2D eigenvalue weighted by molar-refractivity contribution is 5.80. The fourth-order valence-corrected chi connectivity index (χ4v) is 2.67. The molecule has 0 bridgehead atoms. The van der Waals surface area contributed by atoms with Crippen molar-refractivity contribution < 1.29 is 9.53 Å². The number of likely N-dealkylation sites (N-methyl/N-ethyl adjacent to an activating group) is 1. The van der Waals surface area contributed by atoms with Gasteiger partial charge in [-0.1, -0.05) is 24.3 Å². The molecule has 0 aliphatic heterocycles. The van der Waals surface area contributed by atoms with Gasteiger partial charge in [0.1, 0.15) is 5.75 Å². The van der Waals surface area contributed by atoms with Gasteiger partial charge in [-0.3, -0.25) is 4.79 Å². The molecule has 0 radical (unpaired) electrons. The van der Waals surface area contributed by atoms with Gasteiger partial charge in [0.2, 0.25) is 0 Å². The minimum atomic E-state index is -0.526. The van der Waals surface area contributed by atoms with E-state index in [1.54, 1.807) is 6.92 Å². The number of rotatable bonds is 7. The molecule has 0 saturated carbocycles. The van der Waals surface area contributed by atoms with E-state index in [0.717, 1.165) is 29.1 Å². The molecule has 0 spiro atoms. The molecule has 0 unspecified atom stereocenters. The molecule has 0 aromatic heterocycles. The van der Waals surface area contributed by atoms with Gasteiger partial charge in [-0.05, 0) is 62.6 Å². The topological polar surface area (TPSA) is 41.6 Å². The minimum absolute atomic E-state index is 0.0972. The summed E-state index contributed by atoms with van der Waals surface area (Å²) < 4.78 is 5.89. The van der Waals surface area contributed by atoms with Gasteiger partial charge >= 0.3 is 0 Å². The van der Waals surface area contributed by atoms with E-state index in [1.807, 2.05) is 45.2 Å². The maximum atomic E-state index is 12.3. The van der Waals surface area contributed by atoms with E-state index in [2.05, 4.69) is 35.3 Å². The standard InChI is InChI=1S/C21H28N2O2/c1-15-13-16(2)17(3)20(14-15)25-18(4)21(24)22-11-12-23(5)19-9-7-6-8-10-19/h6-10,13-14,18H,11-12H2,1-5H3,(H,22,24)/t18-/m1/s1. The Labute approximate surface area is 150 Å². The molecule has 0 saturated heterocycles. The van der Waals surface area contributed by atoms with E-state index in [9.17, 15) is 4.79 Å². The largest absolute Gasteiger partial charge is 0.481 e. The zero-order valence-electron chi connectivity index (χ0n) is 15.8. The summed E-state index contributed by atoms with van der Waals surface area (Å²) >= 11 is 0. The van der Waals surface area contributed by atoms with Crippen LogP contribution in [0.1, 0.15) is 23.6 Å². The summed E-state index contributed by atoms with van der Waals surface area (Å²) in [4.78, 5) is 14.4. The van der Waals surface area contributed by atoms with Crippen LogP contribution in [-0.4, -0.2) is 32.1 Å². The molecule has 134 valence electrons. The molecule has 25 heavy (non-hydrogen) atoms. The number of hydrogen-bond acceptors (Lipinski definition) is 3. The van der Waals surface area contributed by atoms with Crippen LogP contribution in [0.2, 0.25) is 0 Å². The Balaban J connectivity index is 1.85. The van der Waals surface area contributed by atoms with Crippen molar-refractivity contribution in [1.82, 2.24) is 5.32 Å². The number of carbonyl (C=O) groups is 1. The number of carbonyl (C=O) groups excluding carboxylic acids is 1. The van der Waals surface area contributed by atoms with Crippen LogP contribution >= 0.6 is 0 Å². The third-order valence-electron chi connectivity index (χ3n) is 4.38. The molecule has 1 amide bonds. The highest BCUT2D eigenvalue weighted by atomic mass is 16.5. The van der Waals surface area contributed by atoms with Crippen LogP contribution in [0.5, 0.6) is 5.75 Å². The summed E-state index contributed by atoms with van der Waals surface area (Å²) in [5.74, 6) is 0.682. The van der Waals surface area contributed by atoms with E-state index in [4.69, 9.17) is 4.74 Å². The van der Waals surface area contributed by atoms with Gasteiger partial charge in [-0.2, -0.15) is 0 Å². The molecule has 4 nitrogen and oxygen atoms in total. The lowest BCUT2D eigenvalue weighted by Crippen LogP contribution is -2.40. The normalized spacial score (nSPS) is 11.7. The maximum Gasteiger partial charge on any atom is 0.260 e. The number of nitrogens with one attached hydrogen (secondary N) is 1. The first-order chi connectivity index (χ1) is 11.9. The Morgan fingerprint density at radius 2 is 1.84 bits per heavy atom. The number of amides is 1. The smallest absolute Gasteiger partial charge is 0.260 e. The Hall–Kier alpha value is -2.49. The molecule has 2 aromatic rings. The van der Waals surface area contributed by atoms with Gasteiger partial charge in [0, 0.05) is 25.8 Å². The van der Waals surface area contributed by atoms with Crippen molar-refractivity contribution in [2.24, 2.45) is 0 Å². The molecular formula is C21H28N2O2. The fourth-order valence-electron chi connectivity index (χ4n) is 2.67. The summed E-state index contributed by atoms with van der Waals surface area (Å²) in [6, 6.07) is 14.2. The number of ether oxygens (including phenoxy) is 1. The van der Waals surface area contributed by atoms with Crippen molar-refractivity contribution in [3.63, 3.8) is 0 Å². The molecule has 2 rings (SSSR count). The average Bonchev–Trinajstić information content (AvgIpc) is 2.59. The fraction of sp³-hybridized carbons (Fsp3) is 0.381. The van der Waals surface area contributed by atoms with Gasteiger partial charge in [0.25, 0.3) is 5.91 Å². The Kier molecular flexibility index (Phi) is 6.45. The van der Waals surface area contributed by atoms with Gasteiger partial charge in [-0.15, -0.1) is 0 Å². The van der Waals surface area contributed by atoms with Crippen LogP contribution in [0.3, 0.4) is 0 Å². The molecule has 2 aromatic carbocycles. The highest BCUT2D eigenvalue weighted by Crippen LogP contribution is 2.24. The second kappa shape index (κ2) is 8.56. The number of para-hydroxylation sites is 1. The van der Waals surface area contributed by atoms with Crippen molar-refractivity contribution in [2.45, 2.75) is 33.8 Å². The molecule has 0 aliphatic carbocycles. The van der Waals surface area contributed by atoms with Gasteiger partial charge in [0.15, 0.2) is 6.10 Å². The first kappa shape index (κ1) is 18.8. The van der Waals surface area contributed by atoms with Crippen LogP contribution in [0.25, 0.3) is 0 Å². The second-order valence-corrected chi connectivity index (χ2v) is 6.51. The van der Waals surface area contributed by atoms with Crippen molar-refractivity contribution in [3.8, 4) is 5.75 Å². The second-order valence-electron chi connectivity index (χ2n) is 6.51. The summed E-state index contributed by atoms with van der Waals surface area (Å²) in [6.07, 6.45) is -0.526.